The van der Waals surface area contributed by atoms with Crippen LogP contribution in [0.25, 0.3) is 0 Å². The number of hydrogen-bond acceptors (Lipinski definition) is 4. The fourth-order valence-electron chi connectivity index (χ4n) is 2.99. The van der Waals surface area contributed by atoms with Crippen molar-refractivity contribution < 1.29 is 9.94 Å². The summed E-state index contributed by atoms with van der Waals surface area (Å²) in [5, 5.41) is 12.0. The minimum absolute atomic E-state index is 0.0822. The summed E-state index contributed by atoms with van der Waals surface area (Å²) in [6.45, 7) is 5.45. The van der Waals surface area contributed by atoms with Crippen LogP contribution in [0.2, 0.25) is 0 Å². The van der Waals surface area contributed by atoms with E-state index in [9.17, 15) is 0 Å². The molecule has 5 heteroatoms. The highest BCUT2D eigenvalue weighted by Crippen LogP contribution is 2.24. The summed E-state index contributed by atoms with van der Waals surface area (Å²) in [5.74, 6) is 1.51. The molecule has 1 aliphatic heterocycles. The van der Waals surface area contributed by atoms with Gasteiger partial charge in [-0.05, 0) is 43.0 Å². The largest absolute Gasteiger partial charge is 0.496 e. The molecule has 0 saturated carbocycles. The molecule has 0 spiro atoms. The van der Waals surface area contributed by atoms with Crippen molar-refractivity contribution in [3.8, 4) is 5.75 Å². The summed E-state index contributed by atoms with van der Waals surface area (Å²) in [5.41, 5.74) is 7.52. The molecule has 116 valence electrons. The molecule has 5 nitrogen and oxygen atoms in total. The standard InChI is InChI=1S/C16H25N3O2/c1-3-12-5-4-8-19(10-12)11-13-6-7-15(21-2)14(9-13)16(17)18-20/h6-7,9,12,20H,3-5,8,10-11H2,1-2H3,(H2,17,18). The third kappa shape index (κ3) is 3.88. The molecule has 1 aromatic carbocycles. The van der Waals surface area contributed by atoms with Crippen LogP contribution in [0.5, 0.6) is 5.75 Å². The number of oxime groups is 1. The van der Waals surface area contributed by atoms with Crippen molar-refractivity contribution in [1.82, 2.24) is 4.90 Å². The maximum Gasteiger partial charge on any atom is 0.173 e. The molecule has 1 aliphatic rings. The molecular weight excluding hydrogens is 266 g/mol. The average Bonchev–Trinajstić information content (AvgIpc) is 2.54. The predicted molar refractivity (Wildman–Crippen MR) is 83.8 cm³/mol. The van der Waals surface area contributed by atoms with Gasteiger partial charge in [0.2, 0.25) is 0 Å². The van der Waals surface area contributed by atoms with Crippen LogP contribution in [0, 0.1) is 5.92 Å². The number of nitrogens with two attached hydrogens (primary N) is 1. The van der Waals surface area contributed by atoms with E-state index in [-0.39, 0.29) is 5.84 Å². The number of likely N-dealkylation sites (tertiary alicyclic amines) is 1. The molecule has 1 saturated heterocycles. The van der Waals surface area contributed by atoms with Crippen LogP contribution in [0.3, 0.4) is 0 Å². The van der Waals surface area contributed by atoms with Gasteiger partial charge >= 0.3 is 0 Å². The minimum atomic E-state index is 0.0822. The van der Waals surface area contributed by atoms with E-state index >= 15 is 0 Å². The van der Waals surface area contributed by atoms with E-state index < -0.39 is 0 Å². The van der Waals surface area contributed by atoms with E-state index in [2.05, 4.69) is 17.0 Å². The molecule has 2 rings (SSSR count). The van der Waals surface area contributed by atoms with Gasteiger partial charge in [0.1, 0.15) is 5.75 Å². The number of hydrogen-bond donors (Lipinski definition) is 2. The van der Waals surface area contributed by atoms with Gasteiger partial charge in [-0.2, -0.15) is 0 Å². The first-order valence-corrected chi connectivity index (χ1v) is 7.55. The first-order chi connectivity index (χ1) is 10.2. The van der Waals surface area contributed by atoms with Crippen molar-refractivity contribution in [3.05, 3.63) is 29.3 Å². The van der Waals surface area contributed by atoms with Gasteiger partial charge in [-0.1, -0.05) is 24.6 Å². The number of nitrogens with zero attached hydrogens (tertiary/aromatic N) is 2. The lowest BCUT2D eigenvalue weighted by atomic mass is 9.95. The van der Waals surface area contributed by atoms with E-state index in [1.807, 2.05) is 18.2 Å². The lowest BCUT2D eigenvalue weighted by Gasteiger charge is -2.32. The number of methoxy groups -OCH3 is 1. The summed E-state index contributed by atoms with van der Waals surface area (Å²) < 4.78 is 5.26. The van der Waals surface area contributed by atoms with Crippen molar-refractivity contribution >= 4 is 5.84 Å². The third-order valence-corrected chi connectivity index (χ3v) is 4.23. The number of rotatable bonds is 5. The summed E-state index contributed by atoms with van der Waals surface area (Å²) in [6, 6.07) is 5.87. The van der Waals surface area contributed by atoms with Gasteiger partial charge in [-0.15, -0.1) is 0 Å². The Morgan fingerprint density at radius 3 is 3.00 bits per heavy atom. The predicted octanol–water partition coefficient (Wildman–Crippen LogP) is 2.41. The zero-order chi connectivity index (χ0) is 15.2. The second-order valence-electron chi connectivity index (χ2n) is 5.67. The molecule has 1 heterocycles. The van der Waals surface area contributed by atoms with Crippen LogP contribution in [0.4, 0.5) is 0 Å². The summed E-state index contributed by atoms with van der Waals surface area (Å²) >= 11 is 0. The van der Waals surface area contributed by atoms with Crippen molar-refractivity contribution in [2.45, 2.75) is 32.7 Å². The topological polar surface area (TPSA) is 71.1 Å². The summed E-state index contributed by atoms with van der Waals surface area (Å²) in [4.78, 5) is 2.48. The summed E-state index contributed by atoms with van der Waals surface area (Å²) in [6.07, 6.45) is 3.85. The zero-order valence-electron chi connectivity index (χ0n) is 12.9. The molecule has 0 aliphatic carbocycles. The Labute approximate surface area is 126 Å². The zero-order valence-corrected chi connectivity index (χ0v) is 12.9. The van der Waals surface area contributed by atoms with E-state index in [4.69, 9.17) is 15.7 Å². The van der Waals surface area contributed by atoms with Gasteiger partial charge in [0.25, 0.3) is 0 Å². The van der Waals surface area contributed by atoms with Gasteiger partial charge in [0.15, 0.2) is 5.84 Å². The average molecular weight is 291 g/mol. The molecule has 1 unspecified atom stereocenters. The first-order valence-electron chi connectivity index (χ1n) is 7.55. The van der Waals surface area contributed by atoms with Crippen LogP contribution >= 0.6 is 0 Å². The number of piperidine rings is 1. The first kappa shape index (κ1) is 15.6. The second kappa shape index (κ2) is 7.31. The normalized spacial score (nSPS) is 20.5. The lowest BCUT2D eigenvalue weighted by molar-refractivity contribution is 0.164. The molecule has 0 bridgehead atoms. The SMILES string of the molecule is CCC1CCCN(Cc2ccc(OC)c(C(N)=NO)c2)C1. The molecule has 0 amide bonds. The second-order valence-corrected chi connectivity index (χ2v) is 5.67. The quantitative estimate of drug-likeness (QED) is 0.378. The van der Waals surface area contributed by atoms with Gasteiger partial charge in [0, 0.05) is 13.1 Å². The van der Waals surface area contributed by atoms with E-state index in [1.165, 1.54) is 19.3 Å². The summed E-state index contributed by atoms with van der Waals surface area (Å²) in [7, 11) is 1.58. The highest BCUT2D eigenvalue weighted by Gasteiger charge is 2.19. The Bertz CT molecular complexity index is 502. The number of ether oxygens (including phenoxy) is 1. The van der Waals surface area contributed by atoms with Crippen molar-refractivity contribution in [1.29, 1.82) is 0 Å². The molecule has 1 aromatic rings. The van der Waals surface area contributed by atoms with Crippen LogP contribution < -0.4 is 10.5 Å². The molecule has 1 atom stereocenters. The van der Waals surface area contributed by atoms with Crippen molar-refractivity contribution in [2.75, 3.05) is 20.2 Å². The molecule has 21 heavy (non-hydrogen) atoms. The van der Waals surface area contributed by atoms with Crippen LogP contribution in [-0.4, -0.2) is 36.1 Å². The van der Waals surface area contributed by atoms with Gasteiger partial charge in [-0.3, -0.25) is 4.90 Å². The van der Waals surface area contributed by atoms with Crippen molar-refractivity contribution in [3.63, 3.8) is 0 Å². The maximum atomic E-state index is 8.88. The molecule has 0 radical (unpaired) electrons. The highest BCUT2D eigenvalue weighted by molar-refractivity contribution is 5.99. The van der Waals surface area contributed by atoms with Gasteiger partial charge < -0.3 is 15.7 Å². The Hall–Kier alpha value is -1.75. The Kier molecular flexibility index (Phi) is 5.44. The monoisotopic (exact) mass is 291 g/mol. The number of benzene rings is 1. The van der Waals surface area contributed by atoms with E-state index in [0.717, 1.165) is 31.1 Å². The highest BCUT2D eigenvalue weighted by atomic mass is 16.5. The van der Waals surface area contributed by atoms with Crippen LogP contribution in [0.15, 0.2) is 23.4 Å². The Morgan fingerprint density at radius 1 is 1.52 bits per heavy atom. The van der Waals surface area contributed by atoms with Gasteiger partial charge in [-0.25, -0.2) is 0 Å². The molecule has 0 aromatic heterocycles. The van der Waals surface area contributed by atoms with Crippen LogP contribution in [0.1, 0.15) is 37.3 Å². The molecule has 3 N–H and O–H groups in total. The Morgan fingerprint density at radius 2 is 2.33 bits per heavy atom. The van der Waals surface area contributed by atoms with Gasteiger partial charge in [0.05, 0.1) is 12.7 Å². The van der Waals surface area contributed by atoms with Crippen molar-refractivity contribution in [2.24, 2.45) is 16.8 Å². The lowest BCUT2D eigenvalue weighted by Crippen LogP contribution is -2.34. The minimum Gasteiger partial charge on any atom is -0.496 e. The number of amidine groups is 1. The Balaban J connectivity index is 2.13. The maximum absolute atomic E-state index is 8.88. The fraction of sp³-hybridized carbons (Fsp3) is 0.562. The third-order valence-electron chi connectivity index (χ3n) is 4.23. The molecule has 1 fully saturated rings. The smallest absolute Gasteiger partial charge is 0.173 e. The van der Waals surface area contributed by atoms with E-state index in [1.54, 1.807) is 7.11 Å². The fourth-order valence-corrected chi connectivity index (χ4v) is 2.99. The molecular formula is C16H25N3O2. The van der Waals surface area contributed by atoms with E-state index in [0.29, 0.717) is 11.3 Å². The van der Waals surface area contributed by atoms with Crippen LogP contribution in [-0.2, 0) is 6.54 Å².